The lowest BCUT2D eigenvalue weighted by Gasteiger charge is -2.14. The highest BCUT2D eigenvalue weighted by atomic mass is 19.1. The van der Waals surface area contributed by atoms with Crippen molar-refractivity contribution in [1.82, 2.24) is 10.2 Å². The molecular formula is C21H32FN5. The summed E-state index contributed by atoms with van der Waals surface area (Å²) in [7, 11) is 4.03. The van der Waals surface area contributed by atoms with Gasteiger partial charge in [-0.15, -0.1) is 0 Å². The van der Waals surface area contributed by atoms with E-state index in [0.717, 1.165) is 31.6 Å². The highest BCUT2D eigenvalue weighted by molar-refractivity contribution is 6.12. The maximum Gasteiger partial charge on any atom is 0.126 e. The molecule has 0 saturated heterocycles. The normalized spacial score (nSPS) is 13.1. The van der Waals surface area contributed by atoms with Gasteiger partial charge in [0.05, 0.1) is 5.71 Å². The molecule has 0 spiro atoms. The number of halogens is 1. The average Bonchev–Trinajstić information content (AvgIpc) is 2.64. The van der Waals surface area contributed by atoms with Gasteiger partial charge in [0.15, 0.2) is 0 Å². The number of hydrogen-bond donors (Lipinski definition) is 3. The number of amidine groups is 1. The zero-order valence-electron chi connectivity index (χ0n) is 16.8. The van der Waals surface area contributed by atoms with E-state index >= 15 is 0 Å². The second kappa shape index (κ2) is 12.1. The zero-order chi connectivity index (χ0) is 20.2. The molecule has 0 aliphatic carbocycles. The summed E-state index contributed by atoms with van der Waals surface area (Å²) < 4.78 is 13.0. The van der Waals surface area contributed by atoms with E-state index in [1.807, 2.05) is 27.0 Å². The summed E-state index contributed by atoms with van der Waals surface area (Å²) in [5.74, 6) is 0.203. The number of allylic oxidation sites excluding steroid dienone is 1. The summed E-state index contributed by atoms with van der Waals surface area (Å²) in [6.45, 7) is 6.93. The van der Waals surface area contributed by atoms with E-state index in [4.69, 9.17) is 11.1 Å². The molecule has 0 heterocycles. The van der Waals surface area contributed by atoms with Gasteiger partial charge in [-0.3, -0.25) is 0 Å². The molecule has 0 aromatic heterocycles. The summed E-state index contributed by atoms with van der Waals surface area (Å²) in [4.78, 5) is 6.57. The van der Waals surface area contributed by atoms with Crippen LogP contribution in [0.4, 0.5) is 4.39 Å². The van der Waals surface area contributed by atoms with Crippen LogP contribution >= 0.6 is 0 Å². The molecule has 1 rings (SSSR count). The summed E-state index contributed by atoms with van der Waals surface area (Å²) in [5.41, 5.74) is 7.85. The van der Waals surface area contributed by atoms with Gasteiger partial charge >= 0.3 is 0 Å². The number of nitrogens with zero attached hydrogens (tertiary/aromatic N) is 2. The molecule has 0 bridgehead atoms. The van der Waals surface area contributed by atoms with Gasteiger partial charge < -0.3 is 21.4 Å². The topological polar surface area (TPSA) is 77.5 Å². The fraction of sp³-hybridized carbons (Fsp3) is 0.429. The first-order valence-electron chi connectivity index (χ1n) is 9.23. The van der Waals surface area contributed by atoms with E-state index in [1.165, 1.54) is 12.1 Å². The third kappa shape index (κ3) is 8.75. The van der Waals surface area contributed by atoms with Crippen molar-refractivity contribution in [1.29, 1.82) is 5.41 Å². The average molecular weight is 374 g/mol. The Balaban J connectivity index is 2.72. The van der Waals surface area contributed by atoms with Gasteiger partial charge in [-0.1, -0.05) is 19.9 Å². The maximum absolute atomic E-state index is 13.0. The molecule has 0 fully saturated rings. The van der Waals surface area contributed by atoms with Gasteiger partial charge in [-0.25, -0.2) is 9.38 Å². The van der Waals surface area contributed by atoms with Crippen molar-refractivity contribution in [2.24, 2.45) is 16.6 Å². The maximum atomic E-state index is 13.0. The predicted octanol–water partition coefficient (Wildman–Crippen LogP) is 3.19. The molecule has 1 aromatic rings. The fourth-order valence-electron chi connectivity index (χ4n) is 2.40. The third-order valence-corrected chi connectivity index (χ3v) is 4.11. The minimum Gasteiger partial charge on any atom is -0.383 e. The van der Waals surface area contributed by atoms with Crippen LogP contribution in [0.2, 0.25) is 0 Å². The largest absolute Gasteiger partial charge is 0.383 e. The first-order chi connectivity index (χ1) is 12.8. The first kappa shape index (κ1) is 22.7. The SMILES string of the molecule is CNCCN(C)CC/C=C/N=C(N)/C(=C\C(=N)c1ccc(F)cc1)C(C)C. The number of likely N-dealkylation sites (N-methyl/N-ethyl adjacent to an activating group) is 2. The monoisotopic (exact) mass is 373 g/mol. The second-order valence-electron chi connectivity index (χ2n) is 6.77. The first-order valence-corrected chi connectivity index (χ1v) is 9.23. The standard InChI is InChI=1S/C21H32FN5/c1-16(2)19(15-20(23)17-7-9-18(22)10-8-17)21(24)26-11-5-6-13-27(4)14-12-25-3/h5,7-11,15-16,23,25H,6,12-14H2,1-4H3,(H2,24,26)/b11-5+,19-15-,23-20?. The molecule has 0 aliphatic heterocycles. The van der Waals surface area contributed by atoms with Crippen molar-refractivity contribution >= 4 is 11.5 Å². The summed E-state index contributed by atoms with van der Waals surface area (Å²) in [6.07, 6.45) is 6.31. The Bertz CT molecular complexity index is 674. The number of nitrogens with two attached hydrogens (primary N) is 1. The van der Waals surface area contributed by atoms with Crippen molar-refractivity contribution in [3.05, 3.63) is 59.6 Å². The van der Waals surface area contributed by atoms with Crippen molar-refractivity contribution in [3.63, 3.8) is 0 Å². The molecule has 0 radical (unpaired) electrons. The smallest absolute Gasteiger partial charge is 0.126 e. The van der Waals surface area contributed by atoms with Crippen LogP contribution in [-0.2, 0) is 0 Å². The quantitative estimate of drug-likeness (QED) is 0.412. The molecular weight excluding hydrogens is 341 g/mol. The molecule has 0 saturated carbocycles. The Kier molecular flexibility index (Phi) is 10.2. The van der Waals surface area contributed by atoms with E-state index in [0.29, 0.717) is 11.4 Å². The Labute approximate surface area is 162 Å². The Morgan fingerprint density at radius 1 is 1.30 bits per heavy atom. The fourth-order valence-corrected chi connectivity index (χ4v) is 2.40. The van der Waals surface area contributed by atoms with Crippen LogP contribution < -0.4 is 11.1 Å². The molecule has 0 atom stereocenters. The number of benzene rings is 1. The van der Waals surface area contributed by atoms with Crippen molar-refractivity contribution in [2.75, 3.05) is 33.7 Å². The van der Waals surface area contributed by atoms with Crippen LogP contribution in [0.15, 0.2) is 53.2 Å². The van der Waals surface area contributed by atoms with Crippen molar-refractivity contribution in [2.45, 2.75) is 20.3 Å². The number of aliphatic imine (C=N–C) groups is 1. The van der Waals surface area contributed by atoms with Crippen LogP contribution in [0.5, 0.6) is 0 Å². The molecule has 1 aromatic carbocycles. The lowest BCUT2D eigenvalue weighted by atomic mass is 9.98. The molecule has 4 N–H and O–H groups in total. The van der Waals surface area contributed by atoms with Gasteiger partial charge in [0.1, 0.15) is 11.7 Å². The minimum absolute atomic E-state index is 0.121. The third-order valence-electron chi connectivity index (χ3n) is 4.11. The second-order valence-corrected chi connectivity index (χ2v) is 6.77. The summed E-state index contributed by atoms with van der Waals surface area (Å²) >= 11 is 0. The van der Waals surface area contributed by atoms with Gasteiger partial charge in [-0.2, -0.15) is 0 Å². The van der Waals surface area contributed by atoms with Crippen LogP contribution in [0, 0.1) is 17.1 Å². The lowest BCUT2D eigenvalue weighted by Crippen LogP contribution is -2.27. The van der Waals surface area contributed by atoms with E-state index < -0.39 is 0 Å². The van der Waals surface area contributed by atoms with Crippen LogP contribution in [0.25, 0.3) is 0 Å². The van der Waals surface area contributed by atoms with E-state index in [9.17, 15) is 4.39 Å². The number of nitrogens with one attached hydrogen (secondary N) is 2. The summed E-state index contributed by atoms with van der Waals surface area (Å²) in [6, 6.07) is 5.87. The van der Waals surface area contributed by atoms with Crippen molar-refractivity contribution < 1.29 is 4.39 Å². The molecule has 6 heteroatoms. The highest BCUT2D eigenvalue weighted by Crippen LogP contribution is 2.13. The van der Waals surface area contributed by atoms with Crippen molar-refractivity contribution in [3.8, 4) is 0 Å². The van der Waals surface area contributed by atoms with E-state index in [1.54, 1.807) is 24.4 Å². The molecule has 148 valence electrons. The molecule has 0 aliphatic rings. The summed E-state index contributed by atoms with van der Waals surface area (Å²) in [5, 5.41) is 11.4. The van der Waals surface area contributed by atoms with E-state index in [-0.39, 0.29) is 17.4 Å². The highest BCUT2D eigenvalue weighted by Gasteiger charge is 2.10. The van der Waals surface area contributed by atoms with Crippen LogP contribution in [0.1, 0.15) is 25.8 Å². The number of rotatable bonds is 11. The zero-order valence-corrected chi connectivity index (χ0v) is 16.8. The van der Waals surface area contributed by atoms with E-state index in [2.05, 4.69) is 22.3 Å². The Hall–Kier alpha value is -2.31. The van der Waals surface area contributed by atoms with Gasteiger partial charge in [0.2, 0.25) is 0 Å². The molecule has 5 nitrogen and oxygen atoms in total. The van der Waals surface area contributed by atoms with Crippen LogP contribution in [-0.4, -0.2) is 50.2 Å². The molecule has 0 unspecified atom stereocenters. The molecule has 27 heavy (non-hydrogen) atoms. The van der Waals surface area contributed by atoms with Gasteiger partial charge in [0.25, 0.3) is 0 Å². The lowest BCUT2D eigenvalue weighted by molar-refractivity contribution is 0.342. The van der Waals surface area contributed by atoms with Gasteiger partial charge in [0, 0.05) is 25.8 Å². The van der Waals surface area contributed by atoms with Gasteiger partial charge in [-0.05, 0) is 67.9 Å². The Morgan fingerprint density at radius 2 is 1.96 bits per heavy atom. The predicted molar refractivity (Wildman–Crippen MR) is 113 cm³/mol. The minimum atomic E-state index is -0.317. The number of hydrogen-bond acceptors (Lipinski definition) is 4. The molecule has 0 amide bonds. The Morgan fingerprint density at radius 3 is 2.56 bits per heavy atom. The van der Waals surface area contributed by atoms with Crippen LogP contribution in [0.3, 0.4) is 0 Å².